The first-order valence-corrected chi connectivity index (χ1v) is 10.8. The Bertz CT molecular complexity index is 925. The normalized spacial score (nSPS) is 11.3. The highest BCUT2D eigenvalue weighted by molar-refractivity contribution is 7.98. The third-order valence-electron chi connectivity index (χ3n) is 4.23. The number of likely N-dealkylation sites (N-methyl/N-ethyl adjacent to an activating group) is 1. The van der Waals surface area contributed by atoms with Gasteiger partial charge in [-0.05, 0) is 36.1 Å². The van der Waals surface area contributed by atoms with Gasteiger partial charge >= 0.3 is 0 Å². The van der Waals surface area contributed by atoms with Crippen LogP contribution in [0, 0.1) is 5.82 Å². The molecule has 1 amide bonds. The van der Waals surface area contributed by atoms with Gasteiger partial charge in [0.15, 0.2) is 5.13 Å². The molecule has 4 nitrogen and oxygen atoms in total. The molecule has 0 fully saturated rings. The van der Waals surface area contributed by atoms with E-state index >= 15 is 0 Å². The number of rotatable bonds is 7. The molecule has 27 heavy (non-hydrogen) atoms. The lowest BCUT2D eigenvalue weighted by atomic mass is 10.1. The number of halogens is 1. The maximum absolute atomic E-state index is 13.1. The van der Waals surface area contributed by atoms with Crippen LogP contribution in [-0.4, -0.2) is 44.3 Å². The van der Waals surface area contributed by atoms with Crippen molar-refractivity contribution in [2.75, 3.05) is 38.3 Å². The predicted octanol–water partition coefficient (Wildman–Crippen LogP) is 2.88. The topological polar surface area (TPSA) is 37.6 Å². The van der Waals surface area contributed by atoms with Crippen molar-refractivity contribution in [2.24, 2.45) is 0 Å². The Morgan fingerprint density at radius 3 is 2.63 bits per heavy atom. The minimum atomic E-state index is -0.296. The van der Waals surface area contributed by atoms with E-state index < -0.39 is 0 Å². The van der Waals surface area contributed by atoms with Crippen LogP contribution in [0.15, 0.2) is 47.4 Å². The van der Waals surface area contributed by atoms with Crippen LogP contribution >= 0.6 is 23.1 Å². The number of amides is 1. The molecular formula is C20H23FN3OS2+. The molecule has 0 unspecified atom stereocenters. The number of quaternary nitrogens is 1. The van der Waals surface area contributed by atoms with Crippen molar-refractivity contribution in [2.45, 2.75) is 11.3 Å². The zero-order chi connectivity index (χ0) is 19.4. The number of hydrogen-bond acceptors (Lipinski definition) is 4. The summed E-state index contributed by atoms with van der Waals surface area (Å²) in [4.78, 5) is 21.9. The average Bonchev–Trinajstić information content (AvgIpc) is 3.07. The van der Waals surface area contributed by atoms with Crippen LogP contribution in [0.1, 0.15) is 5.56 Å². The van der Waals surface area contributed by atoms with Crippen molar-refractivity contribution in [1.29, 1.82) is 0 Å². The van der Waals surface area contributed by atoms with Gasteiger partial charge in [0.25, 0.3) is 0 Å². The van der Waals surface area contributed by atoms with Crippen LogP contribution in [0.25, 0.3) is 10.2 Å². The highest BCUT2D eigenvalue weighted by atomic mass is 32.2. The summed E-state index contributed by atoms with van der Waals surface area (Å²) < 4.78 is 14.2. The van der Waals surface area contributed by atoms with Gasteiger partial charge in [0.2, 0.25) is 5.91 Å². The number of carbonyl (C=O) groups is 1. The molecule has 3 rings (SSSR count). The van der Waals surface area contributed by atoms with Gasteiger partial charge < -0.3 is 4.90 Å². The van der Waals surface area contributed by atoms with Gasteiger partial charge in [-0.3, -0.25) is 9.69 Å². The Balaban J connectivity index is 1.90. The van der Waals surface area contributed by atoms with Crippen LogP contribution in [0.3, 0.4) is 0 Å². The summed E-state index contributed by atoms with van der Waals surface area (Å²) >= 11 is 3.19. The van der Waals surface area contributed by atoms with Crippen molar-refractivity contribution < 1.29 is 14.1 Å². The molecule has 0 saturated carbocycles. The molecule has 1 aromatic heterocycles. The molecule has 0 radical (unpaired) electrons. The van der Waals surface area contributed by atoms with E-state index in [4.69, 9.17) is 4.98 Å². The maximum Gasteiger partial charge on any atom is 0.233 e. The quantitative estimate of drug-likeness (QED) is 0.616. The lowest BCUT2D eigenvalue weighted by Gasteiger charge is -2.20. The van der Waals surface area contributed by atoms with E-state index in [9.17, 15) is 9.18 Å². The summed E-state index contributed by atoms with van der Waals surface area (Å²) in [5, 5.41) is 0.722. The SMILES string of the molecule is CSc1cccc2sc(N(CC[NH+](C)C)C(=O)Cc3ccc(F)cc3)nc12. The number of thioether (sulfide) groups is 1. The van der Waals surface area contributed by atoms with E-state index in [2.05, 4.69) is 14.1 Å². The van der Waals surface area contributed by atoms with E-state index in [0.29, 0.717) is 6.54 Å². The summed E-state index contributed by atoms with van der Waals surface area (Å²) in [7, 11) is 4.12. The van der Waals surface area contributed by atoms with E-state index in [1.807, 2.05) is 24.5 Å². The zero-order valence-corrected chi connectivity index (χ0v) is 17.3. The van der Waals surface area contributed by atoms with Crippen molar-refractivity contribution in [1.82, 2.24) is 4.98 Å². The number of hydrogen-bond donors (Lipinski definition) is 1. The smallest absolute Gasteiger partial charge is 0.233 e. The standard InChI is InChI=1S/C20H22FN3OS2/c1-23(2)11-12-24(18(25)13-14-7-9-15(21)10-8-14)20-22-19-16(26-3)5-4-6-17(19)27-20/h4-10H,11-13H2,1-3H3/p+1. The van der Waals surface area contributed by atoms with E-state index in [1.165, 1.54) is 28.4 Å². The van der Waals surface area contributed by atoms with Crippen LogP contribution in [0.4, 0.5) is 9.52 Å². The monoisotopic (exact) mass is 404 g/mol. The zero-order valence-electron chi connectivity index (χ0n) is 15.7. The number of carbonyl (C=O) groups excluding carboxylic acids is 1. The Morgan fingerprint density at radius 2 is 1.96 bits per heavy atom. The number of nitrogens with zero attached hydrogens (tertiary/aromatic N) is 2. The molecular weight excluding hydrogens is 381 g/mol. The molecule has 2 aromatic carbocycles. The van der Waals surface area contributed by atoms with Gasteiger partial charge in [0, 0.05) is 4.90 Å². The maximum atomic E-state index is 13.1. The lowest BCUT2D eigenvalue weighted by molar-refractivity contribution is -0.856. The number of anilines is 1. The Labute approximate surface area is 167 Å². The number of thiazole rings is 1. The molecule has 0 bridgehead atoms. The van der Waals surface area contributed by atoms with Crippen LogP contribution < -0.4 is 9.80 Å². The fourth-order valence-corrected chi connectivity index (χ4v) is 4.39. The molecule has 0 aliphatic heterocycles. The molecule has 3 aromatic rings. The van der Waals surface area contributed by atoms with E-state index in [-0.39, 0.29) is 18.1 Å². The van der Waals surface area contributed by atoms with Crippen molar-refractivity contribution in [3.8, 4) is 0 Å². The summed E-state index contributed by atoms with van der Waals surface area (Å²) in [5.41, 5.74) is 1.75. The second-order valence-corrected chi connectivity index (χ2v) is 8.47. The van der Waals surface area contributed by atoms with Crippen LogP contribution in [-0.2, 0) is 11.2 Å². The van der Waals surface area contributed by atoms with Gasteiger partial charge in [-0.15, -0.1) is 11.8 Å². The van der Waals surface area contributed by atoms with Gasteiger partial charge in [-0.2, -0.15) is 0 Å². The van der Waals surface area contributed by atoms with Crippen LogP contribution in [0.2, 0.25) is 0 Å². The highest BCUT2D eigenvalue weighted by Gasteiger charge is 2.21. The summed E-state index contributed by atoms with van der Waals surface area (Å²) in [6.45, 7) is 1.41. The molecule has 0 saturated heterocycles. The summed E-state index contributed by atoms with van der Waals surface area (Å²) in [6.07, 6.45) is 2.26. The first-order valence-electron chi connectivity index (χ1n) is 8.75. The molecule has 0 spiro atoms. The van der Waals surface area contributed by atoms with E-state index in [0.717, 1.165) is 32.4 Å². The fraction of sp³-hybridized carbons (Fsp3) is 0.300. The fourth-order valence-electron chi connectivity index (χ4n) is 2.73. The first-order chi connectivity index (χ1) is 13.0. The summed E-state index contributed by atoms with van der Waals surface area (Å²) in [5.74, 6) is -0.317. The van der Waals surface area contributed by atoms with Gasteiger partial charge in [-0.1, -0.05) is 29.5 Å². The minimum absolute atomic E-state index is 0.0207. The molecule has 1 heterocycles. The van der Waals surface area contributed by atoms with Crippen molar-refractivity contribution in [3.63, 3.8) is 0 Å². The second-order valence-electron chi connectivity index (χ2n) is 6.61. The summed E-state index contributed by atoms with van der Waals surface area (Å²) in [6, 6.07) is 12.2. The molecule has 0 aliphatic carbocycles. The Hall–Kier alpha value is -1.96. The van der Waals surface area contributed by atoms with E-state index in [1.54, 1.807) is 28.8 Å². The first kappa shape index (κ1) is 19.8. The highest BCUT2D eigenvalue weighted by Crippen LogP contribution is 2.34. The third-order valence-corrected chi connectivity index (χ3v) is 6.04. The number of benzene rings is 2. The average molecular weight is 405 g/mol. The molecule has 0 atom stereocenters. The predicted molar refractivity (Wildman–Crippen MR) is 112 cm³/mol. The lowest BCUT2D eigenvalue weighted by Crippen LogP contribution is -3.06. The van der Waals surface area contributed by atoms with Gasteiger partial charge in [-0.25, -0.2) is 9.37 Å². The van der Waals surface area contributed by atoms with Crippen molar-refractivity contribution >= 4 is 44.4 Å². The largest absolute Gasteiger partial charge is 0.338 e. The number of aromatic nitrogens is 1. The minimum Gasteiger partial charge on any atom is -0.338 e. The number of para-hydroxylation sites is 1. The van der Waals surface area contributed by atoms with Gasteiger partial charge in [0.1, 0.15) is 5.82 Å². The Kier molecular flexibility index (Phi) is 6.46. The number of fused-ring (bicyclic) bond motifs is 1. The number of nitrogens with one attached hydrogen (secondary N) is 1. The van der Waals surface area contributed by atoms with Crippen molar-refractivity contribution in [3.05, 3.63) is 53.8 Å². The molecule has 0 aliphatic rings. The van der Waals surface area contributed by atoms with Gasteiger partial charge in [0.05, 0.1) is 43.8 Å². The molecule has 1 N–H and O–H groups in total. The molecule has 142 valence electrons. The molecule has 7 heteroatoms. The van der Waals surface area contributed by atoms with Crippen LogP contribution in [0.5, 0.6) is 0 Å². The second kappa shape index (κ2) is 8.82. The Morgan fingerprint density at radius 1 is 1.22 bits per heavy atom. The third kappa shape index (κ3) is 4.86.